The number of methoxy groups -OCH3 is 1. The minimum absolute atomic E-state index is 0.0160. The number of carbonyl (C=O) groups excluding carboxylic acids is 1. The molecule has 6 nitrogen and oxygen atoms in total. The minimum Gasteiger partial charge on any atom is -0.493 e. The maximum Gasteiger partial charge on any atom is 0.271 e. The van der Waals surface area contributed by atoms with Crippen LogP contribution in [0.5, 0.6) is 11.5 Å². The van der Waals surface area contributed by atoms with E-state index < -0.39 is 0 Å². The van der Waals surface area contributed by atoms with E-state index in [-0.39, 0.29) is 12.0 Å². The Morgan fingerprint density at radius 3 is 2.72 bits per heavy atom. The lowest BCUT2D eigenvalue weighted by Gasteiger charge is -2.15. The van der Waals surface area contributed by atoms with E-state index in [0.29, 0.717) is 22.7 Å². The maximum atomic E-state index is 12.0. The van der Waals surface area contributed by atoms with Gasteiger partial charge in [-0.3, -0.25) is 4.79 Å². The van der Waals surface area contributed by atoms with Crippen LogP contribution in [-0.2, 0) is 0 Å². The maximum absolute atomic E-state index is 12.0. The number of anilines is 1. The number of nitrogen functional groups attached to an aromatic ring is 1. The van der Waals surface area contributed by atoms with E-state index in [1.807, 2.05) is 19.9 Å². The van der Waals surface area contributed by atoms with E-state index >= 15 is 0 Å². The van der Waals surface area contributed by atoms with Crippen LogP contribution >= 0.6 is 15.9 Å². The summed E-state index contributed by atoms with van der Waals surface area (Å²) in [6.07, 6.45) is 1.54. The molecule has 0 atom stereocenters. The first kappa shape index (κ1) is 18.8. The fraction of sp³-hybridized carbons (Fsp3) is 0.222. The summed E-state index contributed by atoms with van der Waals surface area (Å²) in [5, 5.41) is 3.97. The largest absolute Gasteiger partial charge is 0.493 e. The lowest BCUT2D eigenvalue weighted by molar-refractivity contribution is 0.0955. The molecule has 2 aromatic carbocycles. The molecular formula is C18H20BrN3O3. The Kier molecular flexibility index (Phi) is 6.41. The Morgan fingerprint density at radius 1 is 1.32 bits per heavy atom. The summed E-state index contributed by atoms with van der Waals surface area (Å²) in [5.41, 5.74) is 9.83. The van der Waals surface area contributed by atoms with Gasteiger partial charge in [-0.15, -0.1) is 0 Å². The molecular weight excluding hydrogens is 386 g/mol. The molecule has 25 heavy (non-hydrogen) atoms. The summed E-state index contributed by atoms with van der Waals surface area (Å²) < 4.78 is 11.8. The van der Waals surface area contributed by atoms with Gasteiger partial charge >= 0.3 is 0 Å². The second kappa shape index (κ2) is 8.53. The topological polar surface area (TPSA) is 85.9 Å². The van der Waals surface area contributed by atoms with Crippen molar-refractivity contribution in [2.75, 3.05) is 12.8 Å². The molecule has 1 amide bonds. The van der Waals surface area contributed by atoms with E-state index in [9.17, 15) is 4.79 Å². The van der Waals surface area contributed by atoms with Gasteiger partial charge in [-0.05, 0) is 65.7 Å². The highest BCUT2D eigenvalue weighted by molar-refractivity contribution is 9.10. The molecule has 7 heteroatoms. The number of amides is 1. The van der Waals surface area contributed by atoms with Crippen LogP contribution in [0.15, 0.2) is 46.0 Å². The van der Waals surface area contributed by atoms with E-state index in [0.717, 1.165) is 10.0 Å². The molecule has 2 aromatic rings. The highest BCUT2D eigenvalue weighted by Gasteiger charge is 2.12. The SMILES string of the molecule is COc1cc(/C=N\NC(=O)c2cccc(N)c2)cc(Br)c1OC(C)C. The summed E-state index contributed by atoms with van der Waals surface area (Å²) >= 11 is 3.46. The predicted molar refractivity (Wildman–Crippen MR) is 102 cm³/mol. The summed E-state index contributed by atoms with van der Waals surface area (Å²) in [5.74, 6) is 0.861. The van der Waals surface area contributed by atoms with Crippen LogP contribution in [0.3, 0.4) is 0 Å². The lowest BCUT2D eigenvalue weighted by Crippen LogP contribution is -2.17. The number of ether oxygens (including phenoxy) is 2. The number of nitrogens with one attached hydrogen (secondary N) is 1. The molecule has 0 saturated heterocycles. The van der Waals surface area contributed by atoms with Crippen molar-refractivity contribution < 1.29 is 14.3 Å². The van der Waals surface area contributed by atoms with Crippen molar-refractivity contribution in [1.82, 2.24) is 5.43 Å². The first-order valence-corrected chi connectivity index (χ1v) is 8.43. The van der Waals surface area contributed by atoms with Crippen molar-refractivity contribution in [3.05, 3.63) is 52.0 Å². The van der Waals surface area contributed by atoms with Crippen LogP contribution in [0.4, 0.5) is 5.69 Å². The number of benzene rings is 2. The smallest absolute Gasteiger partial charge is 0.271 e. The molecule has 0 fully saturated rings. The highest BCUT2D eigenvalue weighted by Crippen LogP contribution is 2.36. The number of hydrogen-bond donors (Lipinski definition) is 2. The molecule has 0 heterocycles. The third-order valence-electron chi connectivity index (χ3n) is 3.13. The van der Waals surface area contributed by atoms with Crippen LogP contribution in [0.1, 0.15) is 29.8 Å². The third-order valence-corrected chi connectivity index (χ3v) is 3.72. The van der Waals surface area contributed by atoms with Crippen molar-refractivity contribution in [2.45, 2.75) is 20.0 Å². The Bertz CT molecular complexity index is 791. The molecule has 0 aliphatic carbocycles. The van der Waals surface area contributed by atoms with E-state index in [1.54, 1.807) is 37.4 Å². The number of hydrazone groups is 1. The van der Waals surface area contributed by atoms with Gasteiger partial charge < -0.3 is 15.2 Å². The molecule has 0 spiro atoms. The van der Waals surface area contributed by atoms with Crippen LogP contribution in [0, 0.1) is 0 Å². The zero-order valence-corrected chi connectivity index (χ0v) is 15.8. The van der Waals surface area contributed by atoms with Gasteiger partial charge in [-0.2, -0.15) is 5.10 Å². The molecule has 3 N–H and O–H groups in total. The van der Waals surface area contributed by atoms with Crippen molar-refractivity contribution in [2.24, 2.45) is 5.10 Å². The van der Waals surface area contributed by atoms with Gasteiger partial charge in [-0.25, -0.2) is 5.43 Å². The monoisotopic (exact) mass is 405 g/mol. The highest BCUT2D eigenvalue weighted by atomic mass is 79.9. The van der Waals surface area contributed by atoms with Crippen molar-refractivity contribution in [3.63, 3.8) is 0 Å². The van der Waals surface area contributed by atoms with Gasteiger partial charge in [0.2, 0.25) is 0 Å². The molecule has 0 radical (unpaired) electrons. The van der Waals surface area contributed by atoms with Crippen LogP contribution < -0.4 is 20.6 Å². The lowest BCUT2D eigenvalue weighted by atomic mass is 10.2. The average molecular weight is 406 g/mol. The first-order chi connectivity index (χ1) is 11.9. The third kappa shape index (κ3) is 5.22. The van der Waals surface area contributed by atoms with Gasteiger partial charge in [0.05, 0.1) is 23.9 Å². The van der Waals surface area contributed by atoms with Crippen LogP contribution in [-0.4, -0.2) is 25.3 Å². The summed E-state index contributed by atoms with van der Waals surface area (Å²) in [6.45, 7) is 3.88. The second-order valence-corrected chi connectivity index (χ2v) is 6.38. The van der Waals surface area contributed by atoms with Crippen molar-refractivity contribution in [3.8, 4) is 11.5 Å². The molecule has 0 bridgehead atoms. The van der Waals surface area contributed by atoms with Crippen LogP contribution in [0.25, 0.3) is 0 Å². The van der Waals surface area contributed by atoms with Gasteiger partial charge in [0.15, 0.2) is 11.5 Å². The Labute approximate surface area is 155 Å². The Balaban J connectivity index is 2.13. The fourth-order valence-corrected chi connectivity index (χ4v) is 2.63. The number of halogens is 1. The molecule has 0 aromatic heterocycles. The molecule has 132 valence electrons. The summed E-state index contributed by atoms with van der Waals surface area (Å²) in [4.78, 5) is 12.0. The number of rotatable bonds is 6. The van der Waals surface area contributed by atoms with Gasteiger partial charge in [0, 0.05) is 11.3 Å². The van der Waals surface area contributed by atoms with Gasteiger partial charge in [0.1, 0.15) is 0 Å². The van der Waals surface area contributed by atoms with E-state index in [1.165, 1.54) is 6.21 Å². The summed E-state index contributed by atoms with van der Waals surface area (Å²) in [7, 11) is 1.57. The van der Waals surface area contributed by atoms with Gasteiger partial charge in [-0.1, -0.05) is 6.07 Å². The Morgan fingerprint density at radius 2 is 2.08 bits per heavy atom. The zero-order chi connectivity index (χ0) is 18.4. The quantitative estimate of drug-likeness (QED) is 0.436. The molecule has 2 rings (SSSR count). The number of nitrogens with two attached hydrogens (primary N) is 1. The fourth-order valence-electron chi connectivity index (χ4n) is 2.07. The zero-order valence-electron chi connectivity index (χ0n) is 14.2. The Hall–Kier alpha value is -2.54. The van der Waals surface area contributed by atoms with E-state index in [4.69, 9.17) is 15.2 Å². The number of nitrogens with zero attached hydrogens (tertiary/aromatic N) is 1. The predicted octanol–water partition coefficient (Wildman–Crippen LogP) is 3.59. The van der Waals surface area contributed by atoms with E-state index in [2.05, 4.69) is 26.5 Å². The average Bonchev–Trinajstić information content (AvgIpc) is 2.56. The standard InChI is InChI=1S/C18H20BrN3O3/c1-11(2)25-17-15(19)7-12(8-16(17)24-3)10-21-22-18(23)13-5-4-6-14(20)9-13/h4-11H,20H2,1-3H3,(H,22,23)/b21-10-. The molecule has 0 saturated carbocycles. The van der Waals surface area contributed by atoms with Gasteiger partial charge in [0.25, 0.3) is 5.91 Å². The molecule has 0 aliphatic rings. The van der Waals surface area contributed by atoms with Crippen molar-refractivity contribution >= 4 is 33.7 Å². The first-order valence-electron chi connectivity index (χ1n) is 7.64. The molecule has 0 aliphatic heterocycles. The minimum atomic E-state index is -0.339. The molecule has 0 unspecified atom stereocenters. The number of carbonyl (C=O) groups is 1. The second-order valence-electron chi connectivity index (χ2n) is 5.53. The van der Waals surface area contributed by atoms with Crippen LogP contribution in [0.2, 0.25) is 0 Å². The normalized spacial score (nSPS) is 10.9. The number of hydrogen-bond acceptors (Lipinski definition) is 5. The summed E-state index contributed by atoms with van der Waals surface area (Å²) in [6, 6.07) is 10.3. The van der Waals surface area contributed by atoms with Crippen molar-refractivity contribution in [1.29, 1.82) is 0 Å².